The number of amides is 2. The van der Waals surface area contributed by atoms with Gasteiger partial charge < -0.3 is 14.7 Å². The second kappa shape index (κ2) is 11.4. The molecule has 1 aromatic rings. The van der Waals surface area contributed by atoms with Gasteiger partial charge in [0.05, 0.1) is 16.7 Å². The van der Waals surface area contributed by atoms with E-state index in [1.165, 1.54) is 16.9 Å². The van der Waals surface area contributed by atoms with Crippen LogP contribution in [0.15, 0.2) is 6.07 Å². The third kappa shape index (κ3) is 6.83. The Balaban J connectivity index is 2.70. The minimum Gasteiger partial charge on any atom is -0.477 e. The Morgan fingerprint density at radius 3 is 2.24 bits per heavy atom. The van der Waals surface area contributed by atoms with E-state index < -0.39 is 18.1 Å². The normalized spacial score (nSPS) is 20.0. The molecule has 0 unspecified atom stereocenters. The van der Waals surface area contributed by atoms with Crippen LogP contribution in [0.5, 0.6) is 0 Å². The summed E-state index contributed by atoms with van der Waals surface area (Å²) >= 11 is 1.03. The summed E-state index contributed by atoms with van der Waals surface area (Å²) in [7, 11) is 4.72. The average molecular weight is 491 g/mol. The molecule has 34 heavy (non-hydrogen) atoms. The Kier molecular flexibility index (Phi) is 9.32. The van der Waals surface area contributed by atoms with E-state index in [4.69, 9.17) is 4.74 Å². The van der Waals surface area contributed by atoms with Crippen LogP contribution in [0.1, 0.15) is 74.9 Å². The maximum Gasteiger partial charge on any atom is 0.348 e. The van der Waals surface area contributed by atoms with Crippen molar-refractivity contribution in [1.82, 2.24) is 4.90 Å². The molecule has 2 atom stereocenters. The van der Waals surface area contributed by atoms with Crippen molar-refractivity contribution >= 4 is 34.8 Å². The highest BCUT2D eigenvalue weighted by Gasteiger charge is 2.42. The standard InChI is InChI=1S/C26H38N2O5S/c1-16-9-11-18(12-10-16)23(29)28(21(17(2)33-8)24(30)27(6)7)20-15-19(13-14-26(3,4)5)34-22(20)25(31)32/h15-18,21H,9-12H2,1-8H3,(H,31,32)/t16-,17-,18-,21+/m1/s1. The second-order valence-electron chi connectivity index (χ2n) is 10.4. The van der Waals surface area contributed by atoms with Crippen LogP contribution in [0, 0.1) is 29.1 Å². The third-order valence-corrected chi connectivity index (χ3v) is 7.15. The molecule has 1 aliphatic carbocycles. The van der Waals surface area contributed by atoms with Crippen molar-refractivity contribution in [2.75, 3.05) is 26.1 Å². The molecule has 1 aliphatic rings. The van der Waals surface area contributed by atoms with Crippen LogP contribution in [0.25, 0.3) is 0 Å². The number of anilines is 1. The van der Waals surface area contributed by atoms with Crippen molar-refractivity contribution in [2.24, 2.45) is 17.3 Å². The van der Waals surface area contributed by atoms with E-state index in [2.05, 4.69) is 18.8 Å². The van der Waals surface area contributed by atoms with Crippen LogP contribution >= 0.6 is 11.3 Å². The lowest BCUT2D eigenvalue weighted by Crippen LogP contribution is -2.57. The molecule has 1 saturated carbocycles. The van der Waals surface area contributed by atoms with E-state index in [1.54, 1.807) is 27.1 Å². The summed E-state index contributed by atoms with van der Waals surface area (Å²) in [4.78, 5) is 42.9. The Morgan fingerprint density at radius 2 is 1.76 bits per heavy atom. The van der Waals surface area contributed by atoms with Crippen molar-refractivity contribution in [3.05, 3.63) is 15.8 Å². The highest BCUT2D eigenvalue weighted by atomic mass is 32.1. The van der Waals surface area contributed by atoms with Gasteiger partial charge >= 0.3 is 5.97 Å². The average Bonchev–Trinajstić information content (AvgIpc) is 3.18. The first-order chi connectivity index (χ1) is 15.8. The van der Waals surface area contributed by atoms with Crippen molar-refractivity contribution in [3.8, 4) is 11.8 Å². The number of carbonyl (C=O) groups excluding carboxylic acids is 2. The molecule has 0 saturated heterocycles. The van der Waals surface area contributed by atoms with E-state index >= 15 is 0 Å². The van der Waals surface area contributed by atoms with Crippen molar-refractivity contribution < 1.29 is 24.2 Å². The van der Waals surface area contributed by atoms with Crippen molar-refractivity contribution in [3.63, 3.8) is 0 Å². The van der Waals surface area contributed by atoms with Crippen LogP contribution in [0.4, 0.5) is 5.69 Å². The van der Waals surface area contributed by atoms with Crippen LogP contribution in [0.3, 0.4) is 0 Å². The van der Waals surface area contributed by atoms with Gasteiger partial charge in [-0.2, -0.15) is 0 Å². The second-order valence-corrected chi connectivity index (χ2v) is 11.5. The van der Waals surface area contributed by atoms with Gasteiger partial charge in [0.15, 0.2) is 0 Å². The van der Waals surface area contributed by atoms with Gasteiger partial charge in [-0.1, -0.05) is 18.8 Å². The number of thiophene rings is 1. The fraction of sp³-hybridized carbons (Fsp3) is 0.654. The number of carboxylic acids is 1. The maximum absolute atomic E-state index is 14.0. The lowest BCUT2D eigenvalue weighted by atomic mass is 9.82. The number of nitrogens with zero attached hydrogens (tertiary/aromatic N) is 2. The van der Waals surface area contributed by atoms with E-state index in [1.807, 2.05) is 20.8 Å². The van der Waals surface area contributed by atoms with Crippen molar-refractivity contribution in [1.29, 1.82) is 0 Å². The van der Waals surface area contributed by atoms with Crippen molar-refractivity contribution in [2.45, 2.75) is 72.4 Å². The van der Waals surface area contributed by atoms with Gasteiger partial charge in [-0.3, -0.25) is 14.5 Å². The molecular weight excluding hydrogens is 452 g/mol. The number of hydrogen-bond donors (Lipinski definition) is 1. The van der Waals surface area contributed by atoms with E-state index in [0.717, 1.165) is 24.2 Å². The molecule has 7 nitrogen and oxygen atoms in total. The van der Waals surface area contributed by atoms with Gasteiger partial charge in [-0.25, -0.2) is 4.79 Å². The number of methoxy groups -OCH3 is 1. The van der Waals surface area contributed by atoms with Gasteiger partial charge in [0, 0.05) is 32.5 Å². The molecule has 2 amide bonds. The molecule has 1 fully saturated rings. The molecule has 188 valence electrons. The number of ether oxygens (including phenoxy) is 1. The highest BCUT2D eigenvalue weighted by molar-refractivity contribution is 7.15. The van der Waals surface area contributed by atoms with Gasteiger partial charge in [-0.05, 0) is 65.4 Å². The Morgan fingerprint density at radius 1 is 1.18 bits per heavy atom. The summed E-state index contributed by atoms with van der Waals surface area (Å²) in [5, 5.41) is 10.0. The molecule has 8 heteroatoms. The number of carbonyl (C=O) groups is 3. The first-order valence-electron chi connectivity index (χ1n) is 11.7. The number of hydrogen-bond acceptors (Lipinski definition) is 5. The summed E-state index contributed by atoms with van der Waals surface area (Å²) in [6, 6.07) is 0.636. The van der Waals surface area contributed by atoms with Crippen LogP contribution < -0.4 is 4.90 Å². The fourth-order valence-corrected chi connectivity index (χ4v) is 4.89. The quantitative estimate of drug-likeness (QED) is 0.569. The lowest BCUT2D eigenvalue weighted by Gasteiger charge is -2.38. The molecule has 0 bridgehead atoms. The van der Waals surface area contributed by atoms with Gasteiger partial charge in [-0.15, -0.1) is 11.3 Å². The van der Waals surface area contributed by atoms with Crippen LogP contribution in [-0.2, 0) is 14.3 Å². The first kappa shape index (κ1) is 27.9. The zero-order valence-electron chi connectivity index (χ0n) is 21.6. The molecule has 0 aromatic carbocycles. The third-order valence-electron chi connectivity index (χ3n) is 6.12. The predicted octanol–water partition coefficient (Wildman–Crippen LogP) is 4.49. The summed E-state index contributed by atoms with van der Waals surface area (Å²) in [5.41, 5.74) is -0.0565. The molecular formula is C26H38N2O5S. The molecule has 0 aliphatic heterocycles. The molecule has 1 heterocycles. The molecule has 1 aromatic heterocycles. The number of carboxylic acid groups (broad SMARTS) is 1. The predicted molar refractivity (Wildman–Crippen MR) is 135 cm³/mol. The molecule has 1 N–H and O–H groups in total. The fourth-order valence-electron chi connectivity index (χ4n) is 4.05. The van der Waals surface area contributed by atoms with Crippen LogP contribution in [0.2, 0.25) is 0 Å². The Labute approximate surface area is 207 Å². The summed E-state index contributed by atoms with van der Waals surface area (Å²) in [5.74, 6) is 4.74. The smallest absolute Gasteiger partial charge is 0.348 e. The number of likely N-dealkylation sites (N-methyl/N-ethyl adjacent to an activating group) is 1. The molecule has 0 radical (unpaired) electrons. The zero-order chi connectivity index (χ0) is 25.8. The highest BCUT2D eigenvalue weighted by Crippen LogP contribution is 2.37. The Hall–Kier alpha value is -2.37. The Bertz CT molecular complexity index is 958. The van der Waals surface area contributed by atoms with Gasteiger partial charge in [0.25, 0.3) is 0 Å². The SMILES string of the molecule is CO[C@H](C)[C@@H](C(=O)N(C)C)N(c1cc(C#CC(C)(C)C)sc1C(=O)O)C(=O)[C@H]1CC[C@H](C)CC1. The zero-order valence-corrected chi connectivity index (χ0v) is 22.4. The summed E-state index contributed by atoms with van der Waals surface area (Å²) < 4.78 is 5.53. The largest absolute Gasteiger partial charge is 0.477 e. The number of rotatable bonds is 7. The monoisotopic (exact) mass is 490 g/mol. The lowest BCUT2D eigenvalue weighted by molar-refractivity contribution is -0.136. The van der Waals surface area contributed by atoms with Gasteiger partial charge in [0.2, 0.25) is 11.8 Å². The van der Waals surface area contributed by atoms with Gasteiger partial charge in [0.1, 0.15) is 10.9 Å². The van der Waals surface area contributed by atoms with E-state index in [-0.39, 0.29) is 33.7 Å². The first-order valence-corrected chi connectivity index (χ1v) is 12.6. The summed E-state index contributed by atoms with van der Waals surface area (Å²) in [6.07, 6.45) is 2.63. The van der Waals surface area contributed by atoms with Crippen LogP contribution in [-0.4, -0.2) is 61.1 Å². The maximum atomic E-state index is 14.0. The minimum absolute atomic E-state index is 0.00408. The topological polar surface area (TPSA) is 87.2 Å². The summed E-state index contributed by atoms with van der Waals surface area (Å²) in [6.45, 7) is 9.81. The minimum atomic E-state index is -1.15. The molecule has 0 spiro atoms. The van der Waals surface area contributed by atoms with E-state index in [9.17, 15) is 19.5 Å². The van der Waals surface area contributed by atoms with E-state index in [0.29, 0.717) is 23.6 Å². The number of aromatic carboxylic acids is 1. The molecule has 2 rings (SSSR count).